The first-order valence-electron chi connectivity index (χ1n) is 8.23. The van der Waals surface area contributed by atoms with Crippen LogP contribution in [-0.4, -0.2) is 16.3 Å². The number of thioether (sulfide) groups is 1. The normalized spacial score (nSPS) is 21.0. The number of hydrogen-bond acceptors (Lipinski definition) is 2. The van der Waals surface area contributed by atoms with E-state index in [1.165, 1.54) is 16.7 Å². The van der Waals surface area contributed by atoms with Gasteiger partial charge in [0.1, 0.15) is 0 Å². The van der Waals surface area contributed by atoms with Crippen LogP contribution in [0.4, 0.5) is 0 Å². The van der Waals surface area contributed by atoms with Crippen molar-refractivity contribution in [2.24, 2.45) is 5.92 Å². The van der Waals surface area contributed by atoms with E-state index >= 15 is 0 Å². The van der Waals surface area contributed by atoms with Crippen LogP contribution in [0.15, 0.2) is 54.6 Å². The summed E-state index contributed by atoms with van der Waals surface area (Å²) in [5, 5.41) is 9.61. The van der Waals surface area contributed by atoms with Crippen molar-refractivity contribution < 1.29 is 9.90 Å². The third-order valence-corrected chi connectivity index (χ3v) is 6.04. The number of aliphatic carboxylic acids is 1. The average molecular weight is 326 g/mol. The molecule has 1 saturated carbocycles. The Morgan fingerprint density at radius 2 is 1.61 bits per heavy atom. The van der Waals surface area contributed by atoms with Crippen LogP contribution in [0.25, 0.3) is 11.1 Å². The van der Waals surface area contributed by atoms with Crippen LogP contribution in [0.1, 0.15) is 31.2 Å². The highest BCUT2D eigenvalue weighted by atomic mass is 32.2. The van der Waals surface area contributed by atoms with Crippen molar-refractivity contribution in [2.45, 2.75) is 36.7 Å². The van der Waals surface area contributed by atoms with Crippen molar-refractivity contribution >= 4 is 17.7 Å². The van der Waals surface area contributed by atoms with Crippen LogP contribution in [0.3, 0.4) is 0 Å². The SMILES string of the molecule is O=C(O)[C@@H]1CCCC[C@H]1SCc1ccc(-c2ccccc2)cc1. The Balaban J connectivity index is 1.61. The molecule has 1 aliphatic rings. The molecule has 1 fully saturated rings. The van der Waals surface area contributed by atoms with Gasteiger partial charge in [0.15, 0.2) is 0 Å². The summed E-state index contributed by atoms with van der Waals surface area (Å²) in [7, 11) is 0. The summed E-state index contributed by atoms with van der Waals surface area (Å²) in [6.45, 7) is 0. The van der Waals surface area contributed by atoms with E-state index in [-0.39, 0.29) is 11.2 Å². The predicted molar refractivity (Wildman–Crippen MR) is 96.6 cm³/mol. The van der Waals surface area contributed by atoms with Gasteiger partial charge in [-0.15, -0.1) is 0 Å². The fourth-order valence-corrected chi connectivity index (χ4v) is 4.62. The molecule has 0 aliphatic heterocycles. The van der Waals surface area contributed by atoms with Gasteiger partial charge in [0.2, 0.25) is 0 Å². The summed E-state index contributed by atoms with van der Waals surface area (Å²) in [5.41, 5.74) is 3.72. The van der Waals surface area contributed by atoms with E-state index in [1.807, 2.05) is 30.0 Å². The molecule has 1 N–H and O–H groups in total. The predicted octanol–water partition coefficient (Wildman–Crippen LogP) is 5.23. The first-order chi connectivity index (χ1) is 11.2. The highest BCUT2D eigenvalue weighted by Crippen LogP contribution is 2.35. The van der Waals surface area contributed by atoms with E-state index in [9.17, 15) is 9.90 Å². The minimum absolute atomic E-state index is 0.169. The van der Waals surface area contributed by atoms with Crippen molar-refractivity contribution in [3.05, 3.63) is 60.2 Å². The van der Waals surface area contributed by atoms with E-state index < -0.39 is 5.97 Å². The summed E-state index contributed by atoms with van der Waals surface area (Å²) >= 11 is 1.81. The van der Waals surface area contributed by atoms with Crippen LogP contribution in [0.5, 0.6) is 0 Å². The van der Waals surface area contributed by atoms with Gasteiger partial charge < -0.3 is 5.11 Å². The van der Waals surface area contributed by atoms with Crippen LogP contribution in [-0.2, 0) is 10.5 Å². The van der Waals surface area contributed by atoms with Gasteiger partial charge in [-0.3, -0.25) is 4.79 Å². The van der Waals surface area contributed by atoms with Crippen molar-refractivity contribution in [1.29, 1.82) is 0 Å². The van der Waals surface area contributed by atoms with Gasteiger partial charge in [-0.2, -0.15) is 11.8 Å². The summed E-state index contributed by atoms with van der Waals surface area (Å²) in [4.78, 5) is 11.4. The average Bonchev–Trinajstić information content (AvgIpc) is 2.61. The Bertz CT molecular complexity index is 636. The minimum Gasteiger partial charge on any atom is -0.481 e. The number of benzene rings is 2. The summed E-state index contributed by atoms with van der Waals surface area (Å²) in [6, 6.07) is 19.0. The third-order valence-electron chi connectivity index (χ3n) is 4.54. The topological polar surface area (TPSA) is 37.3 Å². The molecular formula is C20H22O2S. The molecule has 2 atom stereocenters. The Morgan fingerprint density at radius 1 is 0.957 bits per heavy atom. The van der Waals surface area contributed by atoms with Crippen LogP contribution in [0, 0.1) is 5.92 Å². The highest BCUT2D eigenvalue weighted by Gasteiger charge is 2.30. The van der Waals surface area contributed by atoms with E-state index in [2.05, 4.69) is 36.4 Å². The standard InChI is InChI=1S/C20H22O2S/c21-20(22)18-8-4-5-9-19(18)23-14-15-10-12-17(13-11-15)16-6-2-1-3-7-16/h1-3,6-7,10-13,18-19H,4-5,8-9,14H2,(H,21,22)/t18-,19-/m1/s1. The molecule has 1 aliphatic carbocycles. The zero-order chi connectivity index (χ0) is 16.1. The number of carbonyl (C=O) groups is 1. The molecular weight excluding hydrogens is 304 g/mol. The van der Waals surface area contributed by atoms with Crippen LogP contribution < -0.4 is 0 Å². The summed E-state index contributed by atoms with van der Waals surface area (Å²) < 4.78 is 0. The Kier molecular flexibility index (Phi) is 5.39. The van der Waals surface area contributed by atoms with E-state index in [0.717, 1.165) is 31.4 Å². The van der Waals surface area contributed by atoms with Gasteiger partial charge in [-0.05, 0) is 29.5 Å². The molecule has 120 valence electrons. The lowest BCUT2D eigenvalue weighted by Gasteiger charge is -2.28. The molecule has 0 radical (unpaired) electrons. The summed E-state index contributed by atoms with van der Waals surface area (Å²) in [5.74, 6) is 0.0998. The molecule has 0 bridgehead atoms. The first-order valence-corrected chi connectivity index (χ1v) is 9.27. The molecule has 0 saturated heterocycles. The largest absolute Gasteiger partial charge is 0.481 e. The fraction of sp³-hybridized carbons (Fsp3) is 0.350. The lowest BCUT2D eigenvalue weighted by molar-refractivity contribution is -0.142. The third kappa shape index (κ3) is 4.17. The molecule has 0 heterocycles. The van der Waals surface area contributed by atoms with E-state index in [1.54, 1.807) is 0 Å². The molecule has 2 nitrogen and oxygen atoms in total. The molecule has 2 aromatic carbocycles. The molecule has 0 unspecified atom stereocenters. The minimum atomic E-state index is -0.623. The Morgan fingerprint density at radius 3 is 2.30 bits per heavy atom. The lowest BCUT2D eigenvalue weighted by Crippen LogP contribution is -2.29. The zero-order valence-corrected chi connectivity index (χ0v) is 14.0. The monoisotopic (exact) mass is 326 g/mol. The Labute approximate surface area is 141 Å². The van der Waals surface area contributed by atoms with Gasteiger partial charge in [0.25, 0.3) is 0 Å². The number of carboxylic acid groups (broad SMARTS) is 1. The van der Waals surface area contributed by atoms with Gasteiger partial charge in [-0.1, -0.05) is 67.4 Å². The molecule has 23 heavy (non-hydrogen) atoms. The maximum atomic E-state index is 11.4. The Hall–Kier alpha value is -1.74. The van der Waals surface area contributed by atoms with Gasteiger partial charge >= 0.3 is 5.97 Å². The first kappa shape index (κ1) is 16.1. The van der Waals surface area contributed by atoms with E-state index in [4.69, 9.17) is 0 Å². The molecule has 0 aromatic heterocycles. The molecule has 0 spiro atoms. The van der Waals surface area contributed by atoms with Crippen molar-refractivity contribution in [3.8, 4) is 11.1 Å². The second-order valence-corrected chi connectivity index (χ2v) is 7.37. The molecule has 3 rings (SSSR count). The van der Waals surface area contributed by atoms with Crippen LogP contribution >= 0.6 is 11.8 Å². The summed E-state index contributed by atoms with van der Waals surface area (Å²) in [6.07, 6.45) is 4.08. The maximum absolute atomic E-state index is 11.4. The van der Waals surface area contributed by atoms with Gasteiger partial charge in [0, 0.05) is 11.0 Å². The van der Waals surface area contributed by atoms with Crippen molar-refractivity contribution in [3.63, 3.8) is 0 Å². The highest BCUT2D eigenvalue weighted by molar-refractivity contribution is 7.99. The van der Waals surface area contributed by atoms with Crippen molar-refractivity contribution in [1.82, 2.24) is 0 Å². The smallest absolute Gasteiger partial charge is 0.307 e. The van der Waals surface area contributed by atoms with Gasteiger partial charge in [0.05, 0.1) is 5.92 Å². The zero-order valence-electron chi connectivity index (χ0n) is 13.2. The van der Waals surface area contributed by atoms with Gasteiger partial charge in [-0.25, -0.2) is 0 Å². The number of carboxylic acids is 1. The fourth-order valence-electron chi connectivity index (χ4n) is 3.21. The molecule has 3 heteroatoms. The second kappa shape index (κ2) is 7.69. The van der Waals surface area contributed by atoms with E-state index in [0.29, 0.717) is 0 Å². The number of hydrogen-bond donors (Lipinski definition) is 1. The lowest BCUT2D eigenvalue weighted by atomic mass is 9.89. The quantitative estimate of drug-likeness (QED) is 0.817. The molecule has 0 amide bonds. The van der Waals surface area contributed by atoms with Crippen molar-refractivity contribution in [2.75, 3.05) is 0 Å². The molecule has 2 aromatic rings. The number of rotatable bonds is 5. The van der Waals surface area contributed by atoms with Crippen LogP contribution in [0.2, 0.25) is 0 Å². The maximum Gasteiger partial charge on any atom is 0.307 e. The second-order valence-electron chi connectivity index (χ2n) is 6.14.